The fourth-order valence-electron chi connectivity index (χ4n) is 1.07. The van der Waals surface area contributed by atoms with Crippen LogP contribution in [0.15, 0.2) is 11.4 Å². The van der Waals surface area contributed by atoms with Gasteiger partial charge in [-0.3, -0.25) is 4.79 Å². The van der Waals surface area contributed by atoms with Gasteiger partial charge in [0.25, 0.3) is 5.91 Å². The minimum Gasteiger partial charge on any atom is -0.351 e. The van der Waals surface area contributed by atoms with Crippen LogP contribution < -0.4 is 5.32 Å². The number of aryl methyl sites for hydroxylation is 1. The number of amides is 1. The third-order valence-electron chi connectivity index (χ3n) is 1.90. The molecule has 0 bridgehead atoms. The van der Waals surface area contributed by atoms with Crippen molar-refractivity contribution in [2.24, 2.45) is 0 Å². The van der Waals surface area contributed by atoms with Crippen LogP contribution in [-0.2, 0) is 0 Å². The number of rotatable bonds is 4. The molecule has 78 valence electrons. The highest BCUT2D eigenvalue weighted by Gasteiger charge is 2.09. The van der Waals surface area contributed by atoms with Gasteiger partial charge in [-0.1, -0.05) is 22.9 Å². The van der Waals surface area contributed by atoms with Gasteiger partial charge in [0, 0.05) is 11.4 Å². The minimum atomic E-state index is 0.0469. The summed E-state index contributed by atoms with van der Waals surface area (Å²) in [4.78, 5) is 12.9. The van der Waals surface area contributed by atoms with Crippen LogP contribution in [0, 0.1) is 6.92 Å². The highest BCUT2D eigenvalue weighted by atomic mass is 79.9. The van der Waals surface area contributed by atoms with Gasteiger partial charge in [0.05, 0.1) is 4.88 Å². The number of carbonyl (C=O) groups excluding carboxylic acids is 1. The summed E-state index contributed by atoms with van der Waals surface area (Å²) in [5, 5.41) is 4.84. The predicted molar refractivity (Wildman–Crippen MR) is 64.4 cm³/mol. The molecule has 0 aliphatic heterocycles. The number of hydrogen-bond donors (Lipinski definition) is 1. The topological polar surface area (TPSA) is 29.1 Å². The average Bonchev–Trinajstić information content (AvgIpc) is 2.50. The van der Waals surface area contributed by atoms with E-state index in [9.17, 15) is 4.79 Å². The molecule has 0 aliphatic rings. The Hall–Kier alpha value is -0.350. The van der Waals surface area contributed by atoms with E-state index >= 15 is 0 Å². The van der Waals surface area contributed by atoms with E-state index in [0.29, 0.717) is 4.83 Å². The Balaban J connectivity index is 2.40. The molecular weight excluding hydrogens is 262 g/mol. The van der Waals surface area contributed by atoms with Crippen molar-refractivity contribution in [3.63, 3.8) is 0 Å². The maximum Gasteiger partial charge on any atom is 0.261 e. The molecule has 0 aliphatic carbocycles. The standard InChI is InChI=1S/C10H14BrNOS/c1-7-4-6-14-9(7)10(13)12-5-3-8(2)11/h4,6,8H,3,5H2,1-2H3,(H,12,13). The smallest absolute Gasteiger partial charge is 0.261 e. The van der Waals surface area contributed by atoms with Gasteiger partial charge in [0.1, 0.15) is 0 Å². The highest BCUT2D eigenvalue weighted by molar-refractivity contribution is 9.09. The maximum atomic E-state index is 11.6. The molecule has 0 aromatic carbocycles. The second-order valence-electron chi connectivity index (χ2n) is 3.26. The van der Waals surface area contributed by atoms with E-state index in [2.05, 4.69) is 28.2 Å². The molecule has 0 saturated heterocycles. The molecule has 14 heavy (non-hydrogen) atoms. The summed E-state index contributed by atoms with van der Waals surface area (Å²) < 4.78 is 0. The number of carbonyl (C=O) groups is 1. The zero-order valence-electron chi connectivity index (χ0n) is 8.34. The summed E-state index contributed by atoms with van der Waals surface area (Å²) >= 11 is 4.93. The van der Waals surface area contributed by atoms with Gasteiger partial charge >= 0.3 is 0 Å². The fraction of sp³-hybridized carbons (Fsp3) is 0.500. The van der Waals surface area contributed by atoms with E-state index in [1.165, 1.54) is 11.3 Å². The third kappa shape index (κ3) is 3.42. The summed E-state index contributed by atoms with van der Waals surface area (Å²) in [7, 11) is 0. The Morgan fingerprint density at radius 2 is 2.43 bits per heavy atom. The van der Waals surface area contributed by atoms with E-state index in [-0.39, 0.29) is 5.91 Å². The van der Waals surface area contributed by atoms with Gasteiger partial charge in [-0.05, 0) is 30.4 Å². The van der Waals surface area contributed by atoms with Gasteiger partial charge in [0.15, 0.2) is 0 Å². The fourth-order valence-corrected chi connectivity index (χ4v) is 2.14. The SMILES string of the molecule is Cc1ccsc1C(=O)NCCC(C)Br. The quantitative estimate of drug-likeness (QED) is 0.842. The summed E-state index contributed by atoms with van der Waals surface area (Å²) in [6.45, 7) is 4.75. The van der Waals surface area contributed by atoms with Gasteiger partial charge in [-0.2, -0.15) is 0 Å². The minimum absolute atomic E-state index is 0.0469. The van der Waals surface area contributed by atoms with Gasteiger partial charge in [-0.15, -0.1) is 11.3 Å². The van der Waals surface area contributed by atoms with Crippen LogP contribution in [0.25, 0.3) is 0 Å². The Morgan fingerprint density at radius 3 is 2.93 bits per heavy atom. The lowest BCUT2D eigenvalue weighted by molar-refractivity contribution is 0.0957. The second-order valence-corrected chi connectivity index (χ2v) is 5.74. The van der Waals surface area contributed by atoms with Crippen molar-refractivity contribution in [2.75, 3.05) is 6.54 Å². The molecule has 1 amide bonds. The molecule has 0 fully saturated rings. The molecule has 1 heterocycles. The molecule has 0 radical (unpaired) electrons. The lowest BCUT2D eigenvalue weighted by Crippen LogP contribution is -2.25. The van der Waals surface area contributed by atoms with E-state index in [0.717, 1.165) is 23.4 Å². The van der Waals surface area contributed by atoms with Crippen molar-refractivity contribution in [3.05, 3.63) is 21.9 Å². The molecule has 1 rings (SSSR count). The maximum absolute atomic E-state index is 11.6. The van der Waals surface area contributed by atoms with Crippen LogP contribution in [0.1, 0.15) is 28.6 Å². The molecule has 0 spiro atoms. The lowest BCUT2D eigenvalue weighted by atomic mass is 10.3. The average molecular weight is 276 g/mol. The molecular formula is C10H14BrNOS. The molecule has 2 nitrogen and oxygen atoms in total. The Morgan fingerprint density at radius 1 is 1.71 bits per heavy atom. The van der Waals surface area contributed by atoms with Gasteiger partial charge in [-0.25, -0.2) is 0 Å². The van der Waals surface area contributed by atoms with Crippen molar-refractivity contribution in [3.8, 4) is 0 Å². The molecule has 1 aromatic rings. The summed E-state index contributed by atoms with van der Waals surface area (Å²) in [6, 6.07) is 1.96. The number of nitrogens with one attached hydrogen (secondary N) is 1. The Labute approximate surface area is 96.8 Å². The third-order valence-corrected chi connectivity index (χ3v) is 3.37. The van der Waals surface area contributed by atoms with Crippen LogP contribution in [-0.4, -0.2) is 17.3 Å². The molecule has 1 atom stereocenters. The largest absolute Gasteiger partial charge is 0.351 e. The van der Waals surface area contributed by atoms with Crippen molar-refractivity contribution in [1.82, 2.24) is 5.32 Å². The summed E-state index contributed by atoms with van der Waals surface area (Å²) in [6.07, 6.45) is 0.955. The van der Waals surface area contributed by atoms with Crippen LogP contribution in [0.2, 0.25) is 0 Å². The van der Waals surface area contributed by atoms with Crippen molar-refractivity contribution in [1.29, 1.82) is 0 Å². The van der Waals surface area contributed by atoms with E-state index in [1.807, 2.05) is 18.4 Å². The van der Waals surface area contributed by atoms with Gasteiger partial charge < -0.3 is 5.32 Å². The second kappa shape index (κ2) is 5.51. The first-order valence-electron chi connectivity index (χ1n) is 4.57. The van der Waals surface area contributed by atoms with Gasteiger partial charge in [0.2, 0.25) is 0 Å². The number of thiophene rings is 1. The first-order chi connectivity index (χ1) is 6.61. The molecule has 1 unspecified atom stereocenters. The van der Waals surface area contributed by atoms with E-state index < -0.39 is 0 Å². The zero-order valence-corrected chi connectivity index (χ0v) is 10.7. The normalized spacial score (nSPS) is 12.5. The van der Waals surface area contributed by atoms with Crippen molar-refractivity contribution >= 4 is 33.2 Å². The number of alkyl halides is 1. The van der Waals surface area contributed by atoms with Crippen LogP contribution in [0.5, 0.6) is 0 Å². The first-order valence-corrected chi connectivity index (χ1v) is 6.37. The first kappa shape index (κ1) is 11.7. The zero-order chi connectivity index (χ0) is 10.6. The highest BCUT2D eigenvalue weighted by Crippen LogP contribution is 2.15. The molecule has 4 heteroatoms. The number of hydrogen-bond acceptors (Lipinski definition) is 2. The van der Waals surface area contributed by atoms with Crippen molar-refractivity contribution < 1.29 is 4.79 Å². The summed E-state index contributed by atoms with van der Waals surface area (Å²) in [5.74, 6) is 0.0469. The predicted octanol–water partition coefficient (Wildman–Crippen LogP) is 2.96. The molecule has 1 N–H and O–H groups in total. The molecule has 1 aromatic heterocycles. The Kier molecular flexibility index (Phi) is 4.62. The number of halogens is 1. The van der Waals surface area contributed by atoms with Crippen LogP contribution >= 0.6 is 27.3 Å². The summed E-state index contributed by atoms with van der Waals surface area (Å²) in [5.41, 5.74) is 1.05. The monoisotopic (exact) mass is 275 g/mol. The lowest BCUT2D eigenvalue weighted by Gasteiger charge is -2.05. The van der Waals surface area contributed by atoms with Crippen LogP contribution in [0.4, 0.5) is 0 Å². The van der Waals surface area contributed by atoms with E-state index in [4.69, 9.17) is 0 Å². The molecule has 0 saturated carbocycles. The van der Waals surface area contributed by atoms with E-state index in [1.54, 1.807) is 0 Å². The Bertz CT molecular complexity index is 309. The van der Waals surface area contributed by atoms with Crippen LogP contribution in [0.3, 0.4) is 0 Å². The van der Waals surface area contributed by atoms with Crippen molar-refractivity contribution in [2.45, 2.75) is 25.1 Å².